The second-order valence-corrected chi connectivity index (χ2v) is 6.21. The van der Waals surface area contributed by atoms with Crippen LogP contribution in [0.4, 0.5) is 0 Å². The van der Waals surface area contributed by atoms with Crippen molar-refractivity contribution in [2.45, 2.75) is 13.0 Å². The Morgan fingerprint density at radius 2 is 2.00 bits per heavy atom. The Morgan fingerprint density at radius 3 is 2.59 bits per heavy atom. The van der Waals surface area contributed by atoms with Crippen molar-refractivity contribution >= 4 is 33.2 Å². The average molecular weight is 297 g/mol. The summed E-state index contributed by atoms with van der Waals surface area (Å²) in [6, 6.07) is 5.26. The van der Waals surface area contributed by atoms with Crippen LogP contribution in [-0.2, 0) is 16.6 Å². The van der Waals surface area contributed by atoms with Gasteiger partial charge in [-0.05, 0) is 30.7 Å². The zero-order valence-electron chi connectivity index (χ0n) is 9.12. The van der Waals surface area contributed by atoms with E-state index in [4.69, 9.17) is 28.3 Å². The van der Waals surface area contributed by atoms with E-state index in [1.165, 1.54) is 0 Å². The van der Waals surface area contributed by atoms with Gasteiger partial charge in [-0.3, -0.25) is 0 Å². The number of primary sulfonamides is 1. The maximum Gasteiger partial charge on any atom is 0.209 e. The van der Waals surface area contributed by atoms with Crippen LogP contribution < -0.4 is 10.5 Å². The van der Waals surface area contributed by atoms with Crippen LogP contribution in [0.1, 0.15) is 12.0 Å². The molecule has 1 aromatic carbocycles. The first kappa shape index (κ1) is 14.7. The predicted octanol–water partition coefficient (Wildman–Crippen LogP) is 1.76. The summed E-state index contributed by atoms with van der Waals surface area (Å²) in [7, 11) is -3.37. The van der Waals surface area contributed by atoms with Crippen molar-refractivity contribution in [2.24, 2.45) is 5.14 Å². The second-order valence-electron chi connectivity index (χ2n) is 3.63. The highest BCUT2D eigenvalue weighted by Crippen LogP contribution is 2.20. The molecule has 0 amide bonds. The second kappa shape index (κ2) is 6.56. The quantitative estimate of drug-likeness (QED) is 0.786. The molecule has 0 atom stereocenters. The highest BCUT2D eigenvalue weighted by Gasteiger charge is 2.03. The van der Waals surface area contributed by atoms with E-state index >= 15 is 0 Å². The van der Waals surface area contributed by atoms with Crippen molar-refractivity contribution < 1.29 is 8.42 Å². The monoisotopic (exact) mass is 296 g/mol. The average Bonchev–Trinajstić information content (AvgIpc) is 2.18. The van der Waals surface area contributed by atoms with E-state index in [0.717, 1.165) is 5.56 Å². The molecule has 0 unspecified atom stereocenters. The van der Waals surface area contributed by atoms with Gasteiger partial charge in [0, 0.05) is 16.6 Å². The molecule has 1 aromatic rings. The van der Waals surface area contributed by atoms with Gasteiger partial charge in [-0.15, -0.1) is 0 Å². The Bertz CT molecular complexity index is 477. The van der Waals surface area contributed by atoms with Crippen molar-refractivity contribution in [2.75, 3.05) is 12.3 Å². The molecule has 0 saturated carbocycles. The van der Waals surface area contributed by atoms with Crippen molar-refractivity contribution in [3.8, 4) is 0 Å². The molecular weight excluding hydrogens is 283 g/mol. The molecule has 0 fully saturated rings. The van der Waals surface area contributed by atoms with Crippen molar-refractivity contribution in [3.05, 3.63) is 33.8 Å². The van der Waals surface area contributed by atoms with Crippen LogP contribution in [0, 0.1) is 0 Å². The highest BCUT2D eigenvalue weighted by atomic mass is 35.5. The normalized spacial score (nSPS) is 11.7. The van der Waals surface area contributed by atoms with E-state index in [2.05, 4.69) is 5.32 Å². The molecule has 1 rings (SSSR count). The standard InChI is InChI=1S/C10H14Cl2N2O2S/c11-9-3-2-8(10(12)6-9)7-14-4-1-5-17(13,15)16/h2-3,6,14H,1,4-5,7H2,(H2,13,15,16). The summed E-state index contributed by atoms with van der Waals surface area (Å²) in [5.74, 6) is -0.0195. The Hall–Kier alpha value is -0.330. The van der Waals surface area contributed by atoms with Crippen LogP contribution >= 0.6 is 23.2 Å². The zero-order chi connectivity index (χ0) is 12.9. The van der Waals surface area contributed by atoms with E-state index in [1.54, 1.807) is 12.1 Å². The number of hydrogen-bond acceptors (Lipinski definition) is 3. The number of rotatable bonds is 6. The summed E-state index contributed by atoms with van der Waals surface area (Å²) in [5, 5.41) is 9.15. The third-order valence-corrected chi connectivity index (χ3v) is 3.56. The summed E-state index contributed by atoms with van der Waals surface area (Å²) in [4.78, 5) is 0. The minimum atomic E-state index is -3.37. The molecule has 3 N–H and O–H groups in total. The van der Waals surface area contributed by atoms with Gasteiger partial charge in [0.05, 0.1) is 5.75 Å². The largest absolute Gasteiger partial charge is 0.313 e. The molecule has 0 aromatic heterocycles. The molecule has 96 valence electrons. The van der Waals surface area contributed by atoms with Crippen LogP contribution in [0.25, 0.3) is 0 Å². The molecule has 0 spiro atoms. The van der Waals surface area contributed by atoms with Crippen LogP contribution in [0.15, 0.2) is 18.2 Å². The van der Waals surface area contributed by atoms with E-state index < -0.39 is 10.0 Å². The molecule has 7 heteroatoms. The van der Waals surface area contributed by atoms with E-state index in [0.29, 0.717) is 29.6 Å². The molecule has 17 heavy (non-hydrogen) atoms. The van der Waals surface area contributed by atoms with Gasteiger partial charge in [0.2, 0.25) is 10.0 Å². The fraction of sp³-hybridized carbons (Fsp3) is 0.400. The number of nitrogens with one attached hydrogen (secondary N) is 1. The third-order valence-electron chi connectivity index (χ3n) is 2.11. The van der Waals surface area contributed by atoms with Gasteiger partial charge in [0.1, 0.15) is 0 Å². The maximum absolute atomic E-state index is 10.7. The smallest absolute Gasteiger partial charge is 0.209 e. The molecule has 4 nitrogen and oxygen atoms in total. The first-order chi connectivity index (χ1) is 7.88. The first-order valence-electron chi connectivity index (χ1n) is 5.03. The van der Waals surface area contributed by atoms with Gasteiger partial charge in [0.15, 0.2) is 0 Å². The fourth-order valence-corrected chi connectivity index (χ4v) is 2.31. The molecular formula is C10H14Cl2N2O2S. The topological polar surface area (TPSA) is 72.2 Å². The van der Waals surface area contributed by atoms with Crippen LogP contribution in [-0.4, -0.2) is 20.7 Å². The molecule has 0 radical (unpaired) electrons. The molecule has 0 aliphatic heterocycles. The lowest BCUT2D eigenvalue weighted by Crippen LogP contribution is -2.22. The molecule has 0 aliphatic rings. The summed E-state index contributed by atoms with van der Waals surface area (Å²) < 4.78 is 21.3. The van der Waals surface area contributed by atoms with Gasteiger partial charge in [-0.25, -0.2) is 13.6 Å². The molecule has 0 heterocycles. The third kappa shape index (κ3) is 6.24. The zero-order valence-corrected chi connectivity index (χ0v) is 11.4. The van der Waals surface area contributed by atoms with Gasteiger partial charge >= 0.3 is 0 Å². The van der Waals surface area contributed by atoms with Crippen LogP contribution in [0.5, 0.6) is 0 Å². The van der Waals surface area contributed by atoms with E-state index in [-0.39, 0.29) is 5.75 Å². The van der Waals surface area contributed by atoms with Crippen LogP contribution in [0.3, 0.4) is 0 Å². The first-order valence-corrected chi connectivity index (χ1v) is 7.51. The lowest BCUT2D eigenvalue weighted by Gasteiger charge is -2.06. The molecule has 0 aliphatic carbocycles. The fourth-order valence-electron chi connectivity index (χ4n) is 1.29. The van der Waals surface area contributed by atoms with E-state index in [9.17, 15) is 8.42 Å². The minimum Gasteiger partial charge on any atom is -0.313 e. The Labute approximate surface area is 111 Å². The van der Waals surface area contributed by atoms with Crippen molar-refractivity contribution in [1.82, 2.24) is 5.32 Å². The number of benzene rings is 1. The van der Waals surface area contributed by atoms with Gasteiger partial charge in [-0.1, -0.05) is 29.3 Å². The summed E-state index contributed by atoms with van der Waals surface area (Å²) in [6.45, 7) is 1.13. The van der Waals surface area contributed by atoms with E-state index in [1.807, 2.05) is 6.07 Å². The Kier molecular flexibility index (Phi) is 5.69. The summed E-state index contributed by atoms with van der Waals surface area (Å²) in [6.07, 6.45) is 0.476. The van der Waals surface area contributed by atoms with Gasteiger partial charge in [0.25, 0.3) is 0 Å². The lowest BCUT2D eigenvalue weighted by molar-refractivity contribution is 0.590. The summed E-state index contributed by atoms with van der Waals surface area (Å²) in [5.41, 5.74) is 0.923. The Balaban J connectivity index is 2.32. The number of hydrogen-bond donors (Lipinski definition) is 2. The van der Waals surface area contributed by atoms with Gasteiger partial charge < -0.3 is 5.32 Å². The predicted molar refractivity (Wildman–Crippen MR) is 70.8 cm³/mol. The lowest BCUT2D eigenvalue weighted by atomic mass is 10.2. The number of halogens is 2. The van der Waals surface area contributed by atoms with Crippen molar-refractivity contribution in [3.63, 3.8) is 0 Å². The van der Waals surface area contributed by atoms with Crippen LogP contribution in [0.2, 0.25) is 10.0 Å². The molecule has 0 bridgehead atoms. The van der Waals surface area contributed by atoms with Crippen molar-refractivity contribution in [1.29, 1.82) is 0 Å². The minimum absolute atomic E-state index is 0.0195. The number of sulfonamides is 1. The maximum atomic E-state index is 10.7. The van der Waals surface area contributed by atoms with Gasteiger partial charge in [-0.2, -0.15) is 0 Å². The molecule has 0 saturated heterocycles. The highest BCUT2D eigenvalue weighted by molar-refractivity contribution is 7.89. The SMILES string of the molecule is NS(=O)(=O)CCCNCc1ccc(Cl)cc1Cl. The Morgan fingerprint density at radius 1 is 1.29 bits per heavy atom. The summed E-state index contributed by atoms with van der Waals surface area (Å²) >= 11 is 11.7. The number of nitrogens with two attached hydrogens (primary N) is 1.